The van der Waals surface area contributed by atoms with Crippen LogP contribution in [0.5, 0.6) is 11.5 Å². The van der Waals surface area contributed by atoms with Crippen molar-refractivity contribution in [1.29, 1.82) is 0 Å². The van der Waals surface area contributed by atoms with Crippen LogP contribution < -0.4 is 19.3 Å². The molecule has 2 aromatic rings. The largest absolute Gasteiger partial charge is 0.486 e. The number of fused-ring (bicyclic) bond motifs is 1. The fraction of sp³-hybridized carbons (Fsp3) is 0.429. The van der Waals surface area contributed by atoms with E-state index in [1.54, 1.807) is 16.0 Å². The summed E-state index contributed by atoms with van der Waals surface area (Å²) in [6, 6.07) is 7.20. The number of ether oxygens (including phenoxy) is 2. The van der Waals surface area contributed by atoms with Gasteiger partial charge >= 0.3 is 6.03 Å². The van der Waals surface area contributed by atoms with Crippen molar-refractivity contribution in [2.24, 2.45) is 0 Å². The van der Waals surface area contributed by atoms with Gasteiger partial charge in [0.05, 0.1) is 0 Å². The van der Waals surface area contributed by atoms with Crippen LogP contribution in [0.1, 0.15) is 0 Å². The highest BCUT2D eigenvalue weighted by molar-refractivity contribution is 5.96. The number of piperazine rings is 1. The number of hydrogen-bond donors (Lipinski definition) is 0. The average molecular weight is 424 g/mol. The van der Waals surface area contributed by atoms with Crippen LogP contribution in [0.25, 0.3) is 0 Å². The van der Waals surface area contributed by atoms with E-state index in [2.05, 4.69) is 14.9 Å². The molecule has 5 rings (SSSR count). The number of carbonyl (C=O) groups is 2. The number of urea groups is 1. The molecular weight excluding hydrogens is 400 g/mol. The summed E-state index contributed by atoms with van der Waals surface area (Å²) < 4.78 is 11.2. The van der Waals surface area contributed by atoms with E-state index in [9.17, 15) is 9.59 Å². The van der Waals surface area contributed by atoms with Gasteiger partial charge in [-0.25, -0.2) is 14.8 Å². The van der Waals surface area contributed by atoms with Crippen LogP contribution in [0, 0.1) is 0 Å². The van der Waals surface area contributed by atoms with Gasteiger partial charge in [-0.15, -0.1) is 0 Å². The Morgan fingerprint density at radius 2 is 1.77 bits per heavy atom. The summed E-state index contributed by atoms with van der Waals surface area (Å²) in [4.78, 5) is 41.2. The van der Waals surface area contributed by atoms with Crippen molar-refractivity contribution in [2.45, 2.75) is 0 Å². The van der Waals surface area contributed by atoms with Crippen molar-refractivity contribution in [1.82, 2.24) is 19.8 Å². The van der Waals surface area contributed by atoms with Crippen LogP contribution in [-0.2, 0) is 4.79 Å². The second kappa shape index (κ2) is 8.29. The van der Waals surface area contributed by atoms with Gasteiger partial charge in [-0.2, -0.15) is 0 Å². The van der Waals surface area contributed by atoms with E-state index in [0.29, 0.717) is 64.0 Å². The molecule has 2 saturated heterocycles. The Hall–Kier alpha value is -3.56. The molecule has 0 bridgehead atoms. The lowest BCUT2D eigenvalue weighted by Crippen LogP contribution is -2.51. The second-order valence-corrected chi connectivity index (χ2v) is 7.62. The van der Waals surface area contributed by atoms with Crippen molar-refractivity contribution >= 4 is 23.4 Å². The lowest BCUT2D eigenvalue weighted by Gasteiger charge is -2.36. The third-order valence-electron chi connectivity index (χ3n) is 5.78. The highest BCUT2D eigenvalue weighted by Crippen LogP contribution is 2.35. The first-order valence-corrected chi connectivity index (χ1v) is 10.4. The molecule has 2 fully saturated rings. The topological polar surface area (TPSA) is 91.3 Å². The van der Waals surface area contributed by atoms with Crippen molar-refractivity contribution in [3.63, 3.8) is 0 Å². The van der Waals surface area contributed by atoms with Gasteiger partial charge in [-0.3, -0.25) is 9.69 Å². The van der Waals surface area contributed by atoms with E-state index in [1.165, 1.54) is 6.33 Å². The zero-order chi connectivity index (χ0) is 21.2. The van der Waals surface area contributed by atoms with Crippen molar-refractivity contribution in [2.75, 3.05) is 68.8 Å². The average Bonchev–Trinajstić information content (AvgIpc) is 3.19. The summed E-state index contributed by atoms with van der Waals surface area (Å²) in [5.41, 5.74) is 0.752. The van der Waals surface area contributed by atoms with E-state index in [-0.39, 0.29) is 18.5 Å². The molecule has 0 atom stereocenters. The molecule has 3 aliphatic rings. The molecule has 0 unspecified atom stereocenters. The molecule has 162 valence electrons. The van der Waals surface area contributed by atoms with E-state index >= 15 is 0 Å². The Balaban J connectivity index is 1.17. The van der Waals surface area contributed by atoms with Gasteiger partial charge in [0.2, 0.25) is 5.91 Å². The first-order valence-electron chi connectivity index (χ1n) is 10.4. The molecule has 10 heteroatoms. The van der Waals surface area contributed by atoms with Crippen LogP contribution in [-0.4, -0.2) is 90.7 Å². The molecule has 4 heterocycles. The molecule has 0 spiro atoms. The summed E-state index contributed by atoms with van der Waals surface area (Å²) in [5, 5.41) is 0. The number of nitrogens with zero attached hydrogens (tertiary/aromatic N) is 6. The highest BCUT2D eigenvalue weighted by atomic mass is 16.6. The standard InChI is InChI=1S/C21H24N6O4/c28-20(25-7-5-24(6-8-25)19-3-4-22-15-23-19)14-26-9-10-27(21(26)29)16-1-2-17-18(13-16)31-12-11-30-17/h1-4,13,15H,5-12,14H2. The number of hydrogen-bond acceptors (Lipinski definition) is 7. The molecule has 1 aromatic carbocycles. The monoisotopic (exact) mass is 424 g/mol. The molecule has 3 amide bonds. The summed E-state index contributed by atoms with van der Waals surface area (Å²) >= 11 is 0. The number of aromatic nitrogens is 2. The fourth-order valence-corrected chi connectivity index (χ4v) is 4.09. The van der Waals surface area contributed by atoms with Gasteiger partial charge in [0, 0.05) is 57.2 Å². The maximum absolute atomic E-state index is 12.9. The molecule has 0 aliphatic carbocycles. The lowest BCUT2D eigenvalue weighted by atomic mass is 10.2. The van der Waals surface area contributed by atoms with Gasteiger partial charge in [-0.05, 0) is 18.2 Å². The molecule has 0 N–H and O–H groups in total. The van der Waals surface area contributed by atoms with Crippen LogP contribution in [0.4, 0.5) is 16.3 Å². The number of rotatable bonds is 4. The minimum Gasteiger partial charge on any atom is -0.486 e. The quantitative estimate of drug-likeness (QED) is 0.718. The highest BCUT2D eigenvalue weighted by Gasteiger charge is 2.33. The van der Waals surface area contributed by atoms with Crippen LogP contribution in [0.2, 0.25) is 0 Å². The van der Waals surface area contributed by atoms with Crippen molar-refractivity contribution in [3.8, 4) is 11.5 Å². The predicted molar refractivity (Wildman–Crippen MR) is 113 cm³/mol. The van der Waals surface area contributed by atoms with Gasteiger partial charge in [0.25, 0.3) is 0 Å². The molecule has 10 nitrogen and oxygen atoms in total. The SMILES string of the molecule is O=C(CN1CCN(c2ccc3c(c2)OCCO3)C1=O)N1CCN(c2ccncn2)CC1. The molecule has 31 heavy (non-hydrogen) atoms. The van der Waals surface area contributed by atoms with E-state index in [0.717, 1.165) is 11.5 Å². The summed E-state index contributed by atoms with van der Waals surface area (Å²) in [7, 11) is 0. The third-order valence-corrected chi connectivity index (χ3v) is 5.78. The number of carbonyl (C=O) groups excluding carboxylic acids is 2. The second-order valence-electron chi connectivity index (χ2n) is 7.62. The van der Waals surface area contributed by atoms with Crippen LogP contribution in [0.3, 0.4) is 0 Å². The van der Waals surface area contributed by atoms with E-state index in [1.807, 2.05) is 29.2 Å². The number of benzene rings is 1. The maximum atomic E-state index is 12.9. The minimum absolute atomic E-state index is 0.0280. The first kappa shape index (κ1) is 19.4. The van der Waals surface area contributed by atoms with E-state index in [4.69, 9.17) is 9.47 Å². The maximum Gasteiger partial charge on any atom is 0.325 e. The summed E-state index contributed by atoms with van der Waals surface area (Å²) in [5.74, 6) is 2.18. The normalized spacial score (nSPS) is 18.5. The van der Waals surface area contributed by atoms with Gasteiger partial charge < -0.3 is 24.2 Å². The number of amides is 3. The lowest BCUT2D eigenvalue weighted by molar-refractivity contribution is -0.131. The van der Waals surface area contributed by atoms with Gasteiger partial charge in [-0.1, -0.05) is 0 Å². The smallest absolute Gasteiger partial charge is 0.325 e. The van der Waals surface area contributed by atoms with Crippen LogP contribution in [0.15, 0.2) is 36.8 Å². The Labute approximate surface area is 180 Å². The minimum atomic E-state index is -0.162. The predicted octanol–water partition coefficient (Wildman–Crippen LogP) is 0.839. The molecule has 3 aliphatic heterocycles. The molecule has 0 saturated carbocycles. The van der Waals surface area contributed by atoms with Gasteiger partial charge in [0.15, 0.2) is 11.5 Å². The van der Waals surface area contributed by atoms with Gasteiger partial charge in [0.1, 0.15) is 31.9 Å². The Kier molecular flexibility index (Phi) is 5.19. The molecule has 1 aromatic heterocycles. The first-order chi connectivity index (χ1) is 15.2. The van der Waals surface area contributed by atoms with E-state index < -0.39 is 0 Å². The molecule has 0 radical (unpaired) electrons. The Morgan fingerprint density at radius 1 is 0.968 bits per heavy atom. The Morgan fingerprint density at radius 3 is 2.55 bits per heavy atom. The summed E-state index contributed by atoms with van der Waals surface area (Å²) in [6.45, 7) is 4.79. The number of anilines is 2. The Bertz CT molecular complexity index is 964. The van der Waals surface area contributed by atoms with Crippen LogP contribution >= 0.6 is 0 Å². The third kappa shape index (κ3) is 3.92. The summed E-state index contributed by atoms with van der Waals surface area (Å²) in [6.07, 6.45) is 3.24. The zero-order valence-electron chi connectivity index (χ0n) is 17.1. The zero-order valence-corrected chi connectivity index (χ0v) is 17.1. The fourth-order valence-electron chi connectivity index (χ4n) is 4.09. The van der Waals surface area contributed by atoms with Crippen molar-refractivity contribution in [3.05, 3.63) is 36.8 Å². The molecular formula is C21H24N6O4. The van der Waals surface area contributed by atoms with Crippen molar-refractivity contribution < 1.29 is 19.1 Å².